The van der Waals surface area contributed by atoms with Gasteiger partial charge in [-0.15, -0.1) is 0 Å². The Morgan fingerprint density at radius 2 is 1.53 bits per heavy atom. The summed E-state index contributed by atoms with van der Waals surface area (Å²) in [7, 11) is 0. The van der Waals surface area contributed by atoms with Gasteiger partial charge in [-0.1, -0.05) is 66.5 Å². The molecule has 4 rings (SSSR count). The quantitative estimate of drug-likeness (QED) is 0.462. The minimum absolute atomic E-state index is 0.279. The molecule has 0 aromatic rings. The molecule has 0 spiro atoms. The van der Waals surface area contributed by atoms with Gasteiger partial charge >= 0.3 is 0 Å². The normalized spacial score (nSPS) is 48.2. The van der Waals surface area contributed by atoms with Crippen molar-refractivity contribution in [1.29, 1.82) is 0 Å². The number of rotatable bonds is 3. The fourth-order valence-corrected chi connectivity index (χ4v) is 9.60. The third-order valence-corrected chi connectivity index (χ3v) is 11.7. The molecule has 172 valence electrons. The summed E-state index contributed by atoms with van der Waals surface area (Å²) < 4.78 is 0. The number of allylic oxidation sites excluding steroid dienone is 2. The lowest BCUT2D eigenvalue weighted by Crippen LogP contribution is -2.60. The zero-order chi connectivity index (χ0) is 22.2. The molecule has 0 bridgehead atoms. The van der Waals surface area contributed by atoms with Gasteiger partial charge in [0.2, 0.25) is 0 Å². The summed E-state index contributed by atoms with van der Waals surface area (Å²) in [5.41, 5.74) is 5.75. The summed E-state index contributed by atoms with van der Waals surface area (Å²) in [6, 6.07) is 0. The van der Waals surface area contributed by atoms with E-state index in [9.17, 15) is 5.11 Å². The van der Waals surface area contributed by atoms with Gasteiger partial charge in [-0.25, -0.2) is 0 Å². The molecule has 0 unspecified atom stereocenters. The highest BCUT2D eigenvalue weighted by Gasteiger charge is 2.64. The van der Waals surface area contributed by atoms with Crippen molar-refractivity contribution >= 4 is 0 Å². The maximum atomic E-state index is 10.1. The fourth-order valence-electron chi connectivity index (χ4n) is 9.60. The molecule has 0 saturated heterocycles. The second kappa shape index (κ2) is 7.10. The first-order valence-corrected chi connectivity index (χ1v) is 13.2. The number of aliphatic hydroxyl groups excluding tert-OH is 1. The molecule has 0 radical (unpaired) electrons. The SMILES string of the molecule is CC(C)[C@@H]1CC[C@]2(C)[C@H](CCC3=C4CC(C)(C)CC[C@]4(C)CC[C@]32C)[C@@]1(C)CCO. The Morgan fingerprint density at radius 3 is 2.17 bits per heavy atom. The Hall–Kier alpha value is -0.300. The largest absolute Gasteiger partial charge is 0.396 e. The zero-order valence-corrected chi connectivity index (χ0v) is 21.5. The molecule has 0 heterocycles. The van der Waals surface area contributed by atoms with Crippen LogP contribution in [0, 0.1) is 44.8 Å². The maximum Gasteiger partial charge on any atom is 0.0436 e. The van der Waals surface area contributed by atoms with Crippen LogP contribution in [0.5, 0.6) is 0 Å². The first-order chi connectivity index (χ1) is 13.8. The summed E-state index contributed by atoms with van der Waals surface area (Å²) in [6.45, 7) is 20.7. The van der Waals surface area contributed by atoms with Crippen LogP contribution in [0.15, 0.2) is 11.1 Å². The number of fused-ring (bicyclic) bond motifs is 4. The van der Waals surface area contributed by atoms with Crippen molar-refractivity contribution in [2.45, 2.75) is 120 Å². The van der Waals surface area contributed by atoms with Crippen LogP contribution in [-0.4, -0.2) is 11.7 Å². The molecule has 3 fully saturated rings. The van der Waals surface area contributed by atoms with Crippen LogP contribution >= 0.6 is 0 Å². The van der Waals surface area contributed by atoms with E-state index in [1.807, 2.05) is 11.1 Å². The van der Waals surface area contributed by atoms with Gasteiger partial charge in [-0.05, 0) is 109 Å². The van der Waals surface area contributed by atoms with E-state index in [0.717, 1.165) is 18.3 Å². The monoisotopic (exact) mass is 414 g/mol. The summed E-state index contributed by atoms with van der Waals surface area (Å²) in [5.74, 6) is 2.21. The van der Waals surface area contributed by atoms with Gasteiger partial charge in [0.25, 0.3) is 0 Å². The lowest BCUT2D eigenvalue weighted by molar-refractivity contribution is -0.154. The van der Waals surface area contributed by atoms with Crippen molar-refractivity contribution in [3.8, 4) is 0 Å². The van der Waals surface area contributed by atoms with Crippen LogP contribution in [0.25, 0.3) is 0 Å². The Bertz CT molecular complexity index is 716. The fraction of sp³-hybridized carbons (Fsp3) is 0.931. The van der Waals surface area contributed by atoms with Gasteiger partial charge in [-0.3, -0.25) is 0 Å². The predicted octanol–water partition coefficient (Wildman–Crippen LogP) is 8.17. The molecule has 1 nitrogen and oxygen atoms in total. The molecule has 3 saturated carbocycles. The smallest absolute Gasteiger partial charge is 0.0436 e. The minimum Gasteiger partial charge on any atom is -0.396 e. The Balaban J connectivity index is 1.81. The van der Waals surface area contributed by atoms with E-state index in [1.54, 1.807) is 0 Å². The molecule has 6 atom stereocenters. The van der Waals surface area contributed by atoms with Crippen molar-refractivity contribution in [3.63, 3.8) is 0 Å². The minimum atomic E-state index is 0.279. The summed E-state index contributed by atoms with van der Waals surface area (Å²) in [5, 5.41) is 10.1. The van der Waals surface area contributed by atoms with E-state index in [0.29, 0.717) is 34.2 Å². The third-order valence-electron chi connectivity index (χ3n) is 11.7. The number of hydrogen-bond donors (Lipinski definition) is 1. The van der Waals surface area contributed by atoms with E-state index in [2.05, 4.69) is 55.4 Å². The van der Waals surface area contributed by atoms with E-state index in [1.165, 1.54) is 57.8 Å². The lowest BCUT2D eigenvalue weighted by atomic mass is 9.36. The van der Waals surface area contributed by atoms with E-state index in [-0.39, 0.29) is 5.41 Å². The van der Waals surface area contributed by atoms with Crippen LogP contribution in [0.3, 0.4) is 0 Å². The predicted molar refractivity (Wildman–Crippen MR) is 128 cm³/mol. The molecular formula is C29H50O. The molecule has 4 aliphatic carbocycles. The average molecular weight is 415 g/mol. The van der Waals surface area contributed by atoms with E-state index in [4.69, 9.17) is 0 Å². The molecule has 0 aliphatic heterocycles. The summed E-state index contributed by atoms with van der Waals surface area (Å²) >= 11 is 0. The standard InChI is InChI=1S/C29H50O/c1-20(2)21-11-12-29(8)24(27(21,6)17-18-30)10-9-22-23-19-25(3,4)13-14-26(23,5)15-16-28(22,29)7/h20-21,24,30H,9-19H2,1-8H3/t21-,24+,26+,27-,28+,29+/m0/s1. The summed E-state index contributed by atoms with van der Waals surface area (Å²) in [4.78, 5) is 0. The Labute approximate surface area is 187 Å². The molecule has 1 heteroatoms. The van der Waals surface area contributed by atoms with Crippen molar-refractivity contribution in [1.82, 2.24) is 0 Å². The second-order valence-corrected chi connectivity index (χ2v) is 14.1. The van der Waals surface area contributed by atoms with Gasteiger partial charge in [0.05, 0.1) is 0 Å². The van der Waals surface area contributed by atoms with Gasteiger partial charge in [-0.2, -0.15) is 0 Å². The average Bonchev–Trinajstić information content (AvgIpc) is 2.64. The van der Waals surface area contributed by atoms with Crippen molar-refractivity contribution in [3.05, 3.63) is 11.1 Å². The van der Waals surface area contributed by atoms with Gasteiger partial charge in [0.1, 0.15) is 0 Å². The van der Waals surface area contributed by atoms with Crippen LogP contribution in [-0.2, 0) is 0 Å². The molecule has 30 heavy (non-hydrogen) atoms. The van der Waals surface area contributed by atoms with Crippen LogP contribution in [0.4, 0.5) is 0 Å². The number of hydrogen-bond acceptors (Lipinski definition) is 1. The van der Waals surface area contributed by atoms with Crippen LogP contribution < -0.4 is 0 Å². The zero-order valence-electron chi connectivity index (χ0n) is 21.5. The first-order valence-electron chi connectivity index (χ1n) is 13.2. The Morgan fingerprint density at radius 1 is 0.867 bits per heavy atom. The third kappa shape index (κ3) is 3.03. The van der Waals surface area contributed by atoms with Crippen LogP contribution in [0.2, 0.25) is 0 Å². The maximum absolute atomic E-state index is 10.1. The highest BCUT2D eigenvalue weighted by atomic mass is 16.3. The van der Waals surface area contributed by atoms with Crippen LogP contribution in [0.1, 0.15) is 120 Å². The number of aliphatic hydroxyl groups is 1. The highest BCUT2D eigenvalue weighted by molar-refractivity contribution is 5.37. The van der Waals surface area contributed by atoms with Crippen molar-refractivity contribution < 1.29 is 5.11 Å². The van der Waals surface area contributed by atoms with E-state index >= 15 is 0 Å². The van der Waals surface area contributed by atoms with Crippen molar-refractivity contribution in [2.75, 3.05) is 6.61 Å². The topological polar surface area (TPSA) is 20.2 Å². The lowest BCUT2D eigenvalue weighted by Gasteiger charge is -2.68. The summed E-state index contributed by atoms with van der Waals surface area (Å²) in [6.07, 6.45) is 13.3. The molecule has 0 aromatic carbocycles. The highest BCUT2D eigenvalue weighted by Crippen LogP contribution is 2.73. The second-order valence-electron chi connectivity index (χ2n) is 14.1. The van der Waals surface area contributed by atoms with Gasteiger partial charge in [0, 0.05) is 6.61 Å². The Kier molecular flexibility index (Phi) is 5.41. The van der Waals surface area contributed by atoms with Gasteiger partial charge in [0.15, 0.2) is 0 Å². The molecular weight excluding hydrogens is 364 g/mol. The molecule has 4 aliphatic rings. The van der Waals surface area contributed by atoms with Gasteiger partial charge < -0.3 is 5.11 Å². The molecule has 1 N–H and O–H groups in total. The first kappa shape index (κ1) is 22.9. The molecule has 0 amide bonds. The van der Waals surface area contributed by atoms with Crippen molar-refractivity contribution in [2.24, 2.45) is 44.8 Å². The molecule has 0 aromatic heterocycles. The van der Waals surface area contributed by atoms with E-state index < -0.39 is 0 Å².